The van der Waals surface area contributed by atoms with Gasteiger partial charge in [-0.25, -0.2) is 0 Å². The third kappa shape index (κ3) is 4.83. The normalized spacial score (nSPS) is 11.0. The Balaban J connectivity index is 1.69. The fraction of sp³-hybridized carbons (Fsp3) is 0.130. The summed E-state index contributed by atoms with van der Waals surface area (Å²) < 4.78 is 14.7. The van der Waals surface area contributed by atoms with Crippen molar-refractivity contribution in [3.8, 4) is 11.5 Å². The van der Waals surface area contributed by atoms with Crippen LogP contribution in [-0.4, -0.2) is 14.2 Å². The topological polar surface area (TPSA) is 18.5 Å². The molecule has 0 aliphatic rings. The maximum Gasteiger partial charge on any atom is 0.221 e. The number of ether oxygens (including phenoxy) is 2. The zero-order chi connectivity index (χ0) is 20.2. The van der Waals surface area contributed by atoms with Crippen LogP contribution in [0.15, 0.2) is 95.2 Å². The van der Waals surface area contributed by atoms with Gasteiger partial charge in [-0.3, -0.25) is 0 Å². The van der Waals surface area contributed by atoms with Crippen molar-refractivity contribution in [3.05, 3.63) is 77.7 Å². The second-order valence-corrected chi connectivity index (χ2v) is 12.4. The molecule has 0 bridgehead atoms. The Morgan fingerprint density at radius 1 is 0.655 bits per heavy atom. The van der Waals surface area contributed by atoms with E-state index in [1.807, 2.05) is 58.7 Å². The molecule has 2 aromatic carbocycles. The molecule has 0 atom stereocenters. The van der Waals surface area contributed by atoms with Crippen molar-refractivity contribution in [2.24, 2.45) is 0 Å². The van der Waals surface area contributed by atoms with Crippen LogP contribution >= 0.6 is 34.4 Å². The molecule has 2 heterocycles. The molecule has 4 rings (SSSR count). The molecule has 0 saturated heterocycles. The van der Waals surface area contributed by atoms with Crippen molar-refractivity contribution in [3.63, 3.8) is 0 Å². The summed E-state index contributed by atoms with van der Waals surface area (Å²) in [6, 6.07) is 25.7. The summed E-state index contributed by atoms with van der Waals surface area (Å²) in [6.07, 6.45) is 0. The van der Waals surface area contributed by atoms with Crippen LogP contribution in [0.2, 0.25) is 0 Å². The van der Waals surface area contributed by atoms with E-state index in [4.69, 9.17) is 9.47 Å². The highest BCUT2D eigenvalue weighted by Crippen LogP contribution is 2.42. The van der Waals surface area contributed by atoms with Gasteiger partial charge in [-0.05, 0) is 73.7 Å². The number of aryl methyl sites for hydroxylation is 1. The summed E-state index contributed by atoms with van der Waals surface area (Å²) in [7, 11) is 3.23. The molecule has 0 spiro atoms. The van der Waals surface area contributed by atoms with Gasteiger partial charge in [0.15, 0.2) is 9.79 Å². The van der Waals surface area contributed by atoms with Crippen LogP contribution in [0.1, 0.15) is 4.88 Å². The van der Waals surface area contributed by atoms with E-state index >= 15 is 0 Å². The molecule has 0 radical (unpaired) electrons. The average Bonchev–Trinajstić information content (AvgIpc) is 3.38. The van der Waals surface area contributed by atoms with Gasteiger partial charge in [-0.15, -0.1) is 11.3 Å². The first-order chi connectivity index (χ1) is 14.2. The van der Waals surface area contributed by atoms with Gasteiger partial charge in [0.05, 0.1) is 22.6 Å². The summed E-state index contributed by atoms with van der Waals surface area (Å²) in [5.74, 6) is 1.75. The molecule has 2 aromatic heterocycles. The Morgan fingerprint density at radius 3 is 1.66 bits per heavy atom. The van der Waals surface area contributed by atoms with E-state index in [1.54, 1.807) is 14.2 Å². The van der Waals surface area contributed by atoms with Crippen LogP contribution in [0.5, 0.6) is 11.5 Å². The van der Waals surface area contributed by atoms with Gasteiger partial charge in [0, 0.05) is 10.9 Å². The molecule has 0 unspecified atom stereocenters. The highest BCUT2D eigenvalue weighted by molar-refractivity contribution is 8.03. The molecule has 6 heteroatoms. The first-order valence-electron chi connectivity index (χ1n) is 9.03. The molecular weight excluding hydrogens is 437 g/mol. The standard InChI is InChI=1S/C23H21O2S4/c1-16-4-13-21(26-16)27-22-14-15-23(28-22)29(19-9-5-17(24-2)6-10-19)20-11-7-18(25-3)8-12-20/h4-15H,1-3H3/q+1. The van der Waals surface area contributed by atoms with Crippen LogP contribution in [0.25, 0.3) is 0 Å². The van der Waals surface area contributed by atoms with Crippen LogP contribution in [0.3, 0.4) is 0 Å². The fourth-order valence-corrected chi connectivity index (χ4v) is 9.15. The highest BCUT2D eigenvalue weighted by Gasteiger charge is 2.31. The van der Waals surface area contributed by atoms with Crippen molar-refractivity contribution in [2.75, 3.05) is 14.2 Å². The summed E-state index contributed by atoms with van der Waals surface area (Å²) in [4.78, 5) is 3.91. The maximum absolute atomic E-state index is 5.35. The zero-order valence-electron chi connectivity index (χ0n) is 16.4. The quantitative estimate of drug-likeness (QED) is 0.270. The van der Waals surface area contributed by atoms with Crippen LogP contribution < -0.4 is 9.47 Å². The number of thiophene rings is 2. The smallest absolute Gasteiger partial charge is 0.221 e. The van der Waals surface area contributed by atoms with Gasteiger partial charge < -0.3 is 9.47 Å². The van der Waals surface area contributed by atoms with E-state index < -0.39 is 0 Å². The molecule has 0 fully saturated rings. The van der Waals surface area contributed by atoms with Crippen molar-refractivity contribution >= 4 is 45.3 Å². The SMILES string of the molecule is COc1ccc([S+](c2ccc(OC)cc2)c2ccc(Sc3ccc(C)s3)s2)cc1. The van der Waals surface area contributed by atoms with Gasteiger partial charge in [0.1, 0.15) is 22.4 Å². The Morgan fingerprint density at radius 2 is 1.17 bits per heavy atom. The number of rotatable bonds is 7. The summed E-state index contributed by atoms with van der Waals surface area (Å²) in [5, 5.41) is 0. The second-order valence-electron chi connectivity index (χ2n) is 6.20. The van der Waals surface area contributed by atoms with Gasteiger partial charge in [0.25, 0.3) is 0 Å². The minimum atomic E-state index is -0.170. The van der Waals surface area contributed by atoms with E-state index in [2.05, 4.69) is 55.5 Å². The molecule has 2 nitrogen and oxygen atoms in total. The van der Waals surface area contributed by atoms with Crippen LogP contribution in [0.4, 0.5) is 0 Å². The van der Waals surface area contributed by atoms with E-state index in [0.717, 1.165) is 11.5 Å². The average molecular weight is 458 g/mol. The Kier molecular flexibility index (Phi) is 6.55. The van der Waals surface area contributed by atoms with E-state index in [1.165, 1.54) is 27.3 Å². The molecule has 0 saturated carbocycles. The van der Waals surface area contributed by atoms with Gasteiger partial charge >= 0.3 is 0 Å². The number of hydrogen-bond donors (Lipinski definition) is 0. The van der Waals surface area contributed by atoms with E-state index in [0.29, 0.717) is 0 Å². The summed E-state index contributed by atoms with van der Waals surface area (Å²) in [6.45, 7) is 2.15. The molecule has 148 valence electrons. The predicted molar refractivity (Wildman–Crippen MR) is 126 cm³/mol. The maximum atomic E-state index is 5.35. The van der Waals surface area contributed by atoms with Crippen LogP contribution in [0, 0.1) is 6.92 Å². The summed E-state index contributed by atoms with van der Waals surface area (Å²) >= 11 is 5.57. The molecule has 0 aliphatic heterocycles. The fourth-order valence-electron chi connectivity index (χ4n) is 2.83. The van der Waals surface area contributed by atoms with E-state index in [-0.39, 0.29) is 10.9 Å². The van der Waals surface area contributed by atoms with Crippen molar-refractivity contribution in [1.29, 1.82) is 0 Å². The van der Waals surface area contributed by atoms with Crippen LogP contribution in [-0.2, 0) is 10.9 Å². The highest BCUT2D eigenvalue weighted by atomic mass is 32.2. The molecule has 4 aromatic rings. The zero-order valence-corrected chi connectivity index (χ0v) is 19.6. The Labute approximate surface area is 186 Å². The van der Waals surface area contributed by atoms with Crippen molar-refractivity contribution in [2.45, 2.75) is 29.3 Å². The third-order valence-electron chi connectivity index (χ3n) is 4.27. The minimum absolute atomic E-state index is 0.170. The first kappa shape index (κ1) is 20.4. The number of benzene rings is 2. The molecule has 0 N–H and O–H groups in total. The lowest BCUT2D eigenvalue weighted by Gasteiger charge is -2.07. The summed E-state index contributed by atoms with van der Waals surface area (Å²) in [5.41, 5.74) is 0. The lowest BCUT2D eigenvalue weighted by atomic mass is 10.3. The van der Waals surface area contributed by atoms with E-state index in [9.17, 15) is 0 Å². The Hall–Kier alpha value is -1.86. The van der Waals surface area contributed by atoms with Gasteiger partial charge in [0.2, 0.25) is 4.21 Å². The van der Waals surface area contributed by atoms with Gasteiger partial charge in [-0.1, -0.05) is 23.1 Å². The molecule has 29 heavy (non-hydrogen) atoms. The predicted octanol–water partition coefficient (Wildman–Crippen LogP) is 7.38. The molecule has 0 amide bonds. The first-order valence-corrected chi connectivity index (χ1v) is 12.7. The minimum Gasteiger partial charge on any atom is -0.497 e. The van der Waals surface area contributed by atoms with Crippen molar-refractivity contribution < 1.29 is 9.47 Å². The lowest BCUT2D eigenvalue weighted by Crippen LogP contribution is -2.03. The largest absolute Gasteiger partial charge is 0.497 e. The molecular formula is C23H21O2S4+. The number of hydrogen-bond acceptors (Lipinski definition) is 5. The lowest BCUT2D eigenvalue weighted by molar-refractivity contribution is 0.414. The third-order valence-corrected chi connectivity index (χ3v) is 10.2. The Bertz CT molecular complexity index is 1020. The second kappa shape index (κ2) is 9.30. The van der Waals surface area contributed by atoms with Gasteiger partial charge in [-0.2, -0.15) is 0 Å². The number of methoxy groups -OCH3 is 2. The van der Waals surface area contributed by atoms with Crippen molar-refractivity contribution in [1.82, 2.24) is 0 Å². The molecule has 0 aliphatic carbocycles. The monoisotopic (exact) mass is 457 g/mol.